The predicted octanol–water partition coefficient (Wildman–Crippen LogP) is -0.122. The second-order valence-electron chi connectivity index (χ2n) is 7.21. The van der Waals surface area contributed by atoms with E-state index in [1.54, 1.807) is 36.2 Å². The molecular weight excluding hydrogens is 368 g/mol. The van der Waals surface area contributed by atoms with Gasteiger partial charge in [0.15, 0.2) is 15.5 Å². The number of carbonyl (C=O) groups excluding carboxylic acids is 1. The monoisotopic (exact) mass is 390 g/mol. The Morgan fingerprint density at radius 3 is 2.41 bits per heavy atom. The van der Waals surface area contributed by atoms with Crippen molar-refractivity contribution in [2.75, 3.05) is 37.7 Å². The Labute approximate surface area is 157 Å². The van der Waals surface area contributed by atoms with Crippen molar-refractivity contribution in [1.29, 1.82) is 0 Å². The molecule has 0 radical (unpaired) electrons. The van der Waals surface area contributed by atoms with Crippen LogP contribution in [0.3, 0.4) is 0 Å². The molecule has 2 aliphatic heterocycles. The molecule has 144 valence electrons. The number of benzene rings is 1. The van der Waals surface area contributed by atoms with E-state index in [4.69, 9.17) is 0 Å². The summed E-state index contributed by atoms with van der Waals surface area (Å²) < 4.78 is 24.6. The summed E-state index contributed by atoms with van der Waals surface area (Å²) >= 11 is 0. The third-order valence-electron chi connectivity index (χ3n) is 5.49. The van der Waals surface area contributed by atoms with Crippen LogP contribution < -0.4 is 5.56 Å². The van der Waals surface area contributed by atoms with Gasteiger partial charge in [-0.25, -0.2) is 13.1 Å². The summed E-state index contributed by atoms with van der Waals surface area (Å²) in [4.78, 5) is 29.2. The molecular formula is C18H22N4O4S. The number of piperazine rings is 1. The number of amides is 1. The van der Waals surface area contributed by atoms with Crippen molar-refractivity contribution in [2.24, 2.45) is 7.05 Å². The Morgan fingerprint density at radius 2 is 1.78 bits per heavy atom. The van der Waals surface area contributed by atoms with E-state index in [2.05, 4.69) is 10.00 Å². The molecule has 1 aromatic heterocycles. The maximum Gasteiger partial charge on any atom is 0.275 e. The zero-order chi connectivity index (χ0) is 19.2. The van der Waals surface area contributed by atoms with Crippen molar-refractivity contribution >= 4 is 26.5 Å². The van der Waals surface area contributed by atoms with Crippen molar-refractivity contribution in [3.8, 4) is 0 Å². The van der Waals surface area contributed by atoms with Gasteiger partial charge in [-0.3, -0.25) is 14.5 Å². The van der Waals surface area contributed by atoms with E-state index >= 15 is 0 Å². The average molecular weight is 390 g/mol. The summed E-state index contributed by atoms with van der Waals surface area (Å²) in [5, 5.41) is 5.26. The normalized spacial score (nSPS) is 23.0. The first-order valence-corrected chi connectivity index (χ1v) is 10.9. The molecule has 1 aromatic carbocycles. The summed E-state index contributed by atoms with van der Waals surface area (Å²) in [6.07, 6.45) is 0.670. The second-order valence-corrected chi connectivity index (χ2v) is 9.44. The second kappa shape index (κ2) is 6.72. The van der Waals surface area contributed by atoms with Gasteiger partial charge in [-0.05, 0) is 12.5 Å². The highest BCUT2D eigenvalue weighted by Crippen LogP contribution is 2.21. The molecule has 9 heteroatoms. The van der Waals surface area contributed by atoms with E-state index in [1.165, 1.54) is 4.68 Å². The Bertz CT molecular complexity index is 1050. The highest BCUT2D eigenvalue weighted by Gasteiger charge is 2.34. The lowest BCUT2D eigenvalue weighted by molar-refractivity contribution is 0.0582. The molecule has 0 bridgehead atoms. The number of fused-ring (bicyclic) bond motifs is 1. The molecule has 1 atom stereocenters. The van der Waals surface area contributed by atoms with E-state index in [0.29, 0.717) is 43.4 Å². The molecule has 2 aromatic rings. The number of carbonyl (C=O) groups is 1. The first-order valence-electron chi connectivity index (χ1n) is 9.05. The molecule has 0 spiro atoms. The van der Waals surface area contributed by atoms with Gasteiger partial charge in [0.2, 0.25) is 0 Å². The van der Waals surface area contributed by atoms with Gasteiger partial charge in [0.1, 0.15) is 0 Å². The van der Waals surface area contributed by atoms with E-state index in [-0.39, 0.29) is 34.7 Å². The molecule has 0 saturated carbocycles. The Balaban J connectivity index is 1.53. The van der Waals surface area contributed by atoms with Crippen molar-refractivity contribution < 1.29 is 13.2 Å². The molecule has 0 aliphatic carbocycles. The summed E-state index contributed by atoms with van der Waals surface area (Å²) in [7, 11) is -1.37. The van der Waals surface area contributed by atoms with Crippen LogP contribution in [0.15, 0.2) is 29.1 Å². The number of aromatic nitrogens is 2. The molecule has 2 aliphatic rings. The lowest BCUT2D eigenvalue weighted by Crippen LogP contribution is -2.52. The maximum absolute atomic E-state index is 13.0. The van der Waals surface area contributed by atoms with Crippen LogP contribution >= 0.6 is 0 Å². The molecule has 2 fully saturated rings. The Hall–Kier alpha value is -2.26. The molecule has 0 unspecified atom stereocenters. The fourth-order valence-corrected chi connectivity index (χ4v) is 5.72. The van der Waals surface area contributed by atoms with Crippen molar-refractivity contribution in [2.45, 2.75) is 12.5 Å². The SMILES string of the molecule is Cn1nc(C(=O)N2CCN([C@@H]3CCS(=O)(=O)C3)CC2)c2ccccc2c1=O. The quantitative estimate of drug-likeness (QED) is 0.710. The molecule has 4 rings (SSSR count). The number of hydrogen-bond donors (Lipinski definition) is 0. The van der Waals surface area contributed by atoms with E-state index in [1.807, 2.05) is 0 Å². The van der Waals surface area contributed by atoms with Crippen LogP contribution in [-0.4, -0.2) is 77.6 Å². The van der Waals surface area contributed by atoms with E-state index in [9.17, 15) is 18.0 Å². The standard InChI is InChI=1S/C18H22N4O4S/c1-20-17(23)15-5-3-2-4-14(15)16(19-20)18(24)22-9-7-21(8-10-22)13-6-11-27(25,26)12-13/h2-5,13H,6-12H2,1H3/t13-/m1/s1. The predicted molar refractivity (Wildman–Crippen MR) is 102 cm³/mol. The fraction of sp³-hybridized carbons (Fsp3) is 0.500. The highest BCUT2D eigenvalue weighted by molar-refractivity contribution is 7.91. The highest BCUT2D eigenvalue weighted by atomic mass is 32.2. The zero-order valence-corrected chi connectivity index (χ0v) is 16.0. The van der Waals surface area contributed by atoms with Gasteiger partial charge in [0.25, 0.3) is 11.5 Å². The number of rotatable bonds is 2. The fourth-order valence-electron chi connectivity index (χ4n) is 3.96. The Kier molecular flexibility index (Phi) is 4.51. The minimum absolute atomic E-state index is 0.0590. The third-order valence-corrected chi connectivity index (χ3v) is 7.24. The summed E-state index contributed by atoms with van der Waals surface area (Å²) in [5.74, 6) is 0.277. The molecule has 1 amide bonds. The minimum Gasteiger partial charge on any atom is -0.335 e. The van der Waals surface area contributed by atoms with Gasteiger partial charge in [-0.2, -0.15) is 5.10 Å². The summed E-state index contributed by atoms with van der Waals surface area (Å²) in [5.41, 5.74) is 0.0546. The zero-order valence-electron chi connectivity index (χ0n) is 15.2. The first kappa shape index (κ1) is 18.1. The van der Waals surface area contributed by atoms with Gasteiger partial charge in [0, 0.05) is 44.7 Å². The van der Waals surface area contributed by atoms with Crippen LogP contribution in [0.1, 0.15) is 16.9 Å². The number of aryl methyl sites for hydroxylation is 1. The van der Waals surface area contributed by atoms with E-state index < -0.39 is 9.84 Å². The third kappa shape index (κ3) is 3.37. The molecule has 27 heavy (non-hydrogen) atoms. The smallest absolute Gasteiger partial charge is 0.275 e. The van der Waals surface area contributed by atoms with Crippen LogP contribution in [0.5, 0.6) is 0 Å². The van der Waals surface area contributed by atoms with Crippen molar-refractivity contribution in [3.63, 3.8) is 0 Å². The summed E-state index contributed by atoms with van der Waals surface area (Å²) in [6, 6.07) is 7.07. The molecule has 8 nitrogen and oxygen atoms in total. The van der Waals surface area contributed by atoms with E-state index in [0.717, 1.165) is 0 Å². The van der Waals surface area contributed by atoms with Crippen LogP contribution in [-0.2, 0) is 16.9 Å². The largest absolute Gasteiger partial charge is 0.335 e. The summed E-state index contributed by atoms with van der Waals surface area (Å²) in [6.45, 7) is 2.34. The van der Waals surface area contributed by atoms with Crippen molar-refractivity contribution in [3.05, 3.63) is 40.3 Å². The minimum atomic E-state index is -2.92. The number of hydrogen-bond acceptors (Lipinski definition) is 6. The van der Waals surface area contributed by atoms with Gasteiger partial charge in [-0.15, -0.1) is 0 Å². The first-order chi connectivity index (χ1) is 12.9. The maximum atomic E-state index is 13.0. The topological polar surface area (TPSA) is 92.6 Å². The number of sulfone groups is 1. The number of nitrogens with zero attached hydrogens (tertiary/aromatic N) is 4. The van der Waals surface area contributed by atoms with Crippen LogP contribution in [0.4, 0.5) is 0 Å². The molecule has 3 heterocycles. The van der Waals surface area contributed by atoms with Crippen LogP contribution in [0, 0.1) is 0 Å². The molecule has 2 saturated heterocycles. The van der Waals surface area contributed by atoms with Gasteiger partial charge < -0.3 is 4.90 Å². The van der Waals surface area contributed by atoms with Gasteiger partial charge >= 0.3 is 0 Å². The average Bonchev–Trinajstić information content (AvgIpc) is 3.04. The lowest BCUT2D eigenvalue weighted by Gasteiger charge is -2.37. The molecule has 0 N–H and O–H groups in total. The Morgan fingerprint density at radius 1 is 1.11 bits per heavy atom. The lowest BCUT2D eigenvalue weighted by atomic mass is 10.1. The van der Waals surface area contributed by atoms with Gasteiger partial charge in [0.05, 0.1) is 16.9 Å². The van der Waals surface area contributed by atoms with Crippen molar-refractivity contribution in [1.82, 2.24) is 19.6 Å². The van der Waals surface area contributed by atoms with Crippen LogP contribution in [0.25, 0.3) is 10.8 Å². The van der Waals surface area contributed by atoms with Gasteiger partial charge in [-0.1, -0.05) is 18.2 Å². The van der Waals surface area contributed by atoms with Crippen LogP contribution in [0.2, 0.25) is 0 Å².